The molecular weight excluding hydrogens is 536 g/mol. The average molecular weight is 571 g/mol. The molecule has 0 aliphatic carbocycles. The van der Waals surface area contributed by atoms with Gasteiger partial charge in [-0.1, -0.05) is 17.7 Å². The molecule has 0 bridgehead atoms. The van der Waals surface area contributed by atoms with Crippen LogP contribution in [0.4, 0.5) is 0 Å². The topological polar surface area (TPSA) is 156 Å². The molecule has 1 aliphatic heterocycles. The molecule has 40 heavy (non-hydrogen) atoms. The van der Waals surface area contributed by atoms with Crippen LogP contribution in [0.1, 0.15) is 48.0 Å². The number of methoxy groups -OCH3 is 1. The lowest BCUT2D eigenvalue weighted by Gasteiger charge is -2.18. The third kappa shape index (κ3) is 7.26. The quantitative estimate of drug-likeness (QED) is 0.147. The van der Waals surface area contributed by atoms with Gasteiger partial charge in [-0.3, -0.25) is 4.79 Å². The second-order valence-corrected chi connectivity index (χ2v) is 11.5. The van der Waals surface area contributed by atoms with Gasteiger partial charge in [-0.15, -0.1) is 0 Å². The second-order valence-electron chi connectivity index (χ2n) is 9.74. The van der Waals surface area contributed by atoms with Crippen LogP contribution in [0, 0.1) is 6.92 Å². The first-order valence-corrected chi connectivity index (χ1v) is 14.7. The minimum atomic E-state index is -4.05. The number of sulfonamides is 1. The van der Waals surface area contributed by atoms with E-state index < -0.39 is 34.0 Å². The highest BCUT2D eigenvalue weighted by Gasteiger charge is 2.31. The Morgan fingerprint density at radius 3 is 2.58 bits per heavy atom. The van der Waals surface area contributed by atoms with E-state index in [4.69, 9.17) is 9.47 Å². The number of benzene rings is 2. The fraction of sp³-hybridized carbons (Fsp3) is 0.393. The van der Waals surface area contributed by atoms with Crippen LogP contribution in [-0.2, 0) is 24.3 Å². The molecule has 0 radical (unpaired) electrons. The number of H-pyrrole nitrogens is 1. The lowest BCUT2D eigenvalue weighted by Crippen LogP contribution is -2.44. The van der Waals surface area contributed by atoms with E-state index in [9.17, 15) is 22.8 Å². The van der Waals surface area contributed by atoms with Crippen molar-refractivity contribution in [3.05, 3.63) is 59.8 Å². The van der Waals surface area contributed by atoms with E-state index in [0.29, 0.717) is 43.7 Å². The number of carbonyl (C=O) groups is 3. The largest absolute Gasteiger partial charge is 0.497 e. The van der Waals surface area contributed by atoms with Gasteiger partial charge in [0.1, 0.15) is 17.8 Å². The van der Waals surface area contributed by atoms with Crippen molar-refractivity contribution >= 4 is 38.8 Å². The minimum absolute atomic E-state index is 0.00214. The Morgan fingerprint density at radius 2 is 1.88 bits per heavy atom. The molecule has 1 fully saturated rings. The lowest BCUT2D eigenvalue weighted by atomic mass is 10.1. The Balaban J connectivity index is 1.35. The van der Waals surface area contributed by atoms with E-state index >= 15 is 0 Å². The maximum atomic E-state index is 13.0. The fourth-order valence-corrected chi connectivity index (χ4v) is 5.73. The van der Waals surface area contributed by atoms with Crippen LogP contribution in [-0.4, -0.2) is 63.5 Å². The summed E-state index contributed by atoms with van der Waals surface area (Å²) in [4.78, 5) is 41.1. The first-order chi connectivity index (χ1) is 19.2. The number of aromatic amines is 1. The number of rotatable bonds is 12. The average Bonchev–Trinajstić information content (AvgIpc) is 3.62. The number of aromatic nitrogens is 1. The van der Waals surface area contributed by atoms with Crippen LogP contribution in [0.25, 0.3) is 10.9 Å². The standard InChI is InChI=1S/C28H34N4O7S/c1-18-8-11-20(12-9-18)40(36,37)32-25(28(35)39-27(34)24-7-5-15-29-24)6-3-4-14-30-26(33)22-17-31-23-13-10-19(38-2)16-21(22)23/h8-13,16-17,24-25,29,31-32H,3-7,14-15H2,1-2H3,(H,30,33)/t24-,25-/m0/s1. The number of fused-ring (bicyclic) bond motifs is 1. The molecule has 1 saturated heterocycles. The number of amides is 1. The highest BCUT2D eigenvalue weighted by Crippen LogP contribution is 2.23. The molecule has 4 rings (SSSR count). The number of hydrogen-bond donors (Lipinski definition) is 4. The minimum Gasteiger partial charge on any atom is -0.497 e. The Hall–Kier alpha value is -3.74. The first-order valence-electron chi connectivity index (χ1n) is 13.2. The van der Waals surface area contributed by atoms with E-state index in [1.54, 1.807) is 37.6 Å². The molecule has 0 spiro atoms. The fourth-order valence-electron chi connectivity index (χ4n) is 4.51. The second kappa shape index (κ2) is 13.1. The molecule has 1 aliphatic rings. The van der Waals surface area contributed by atoms with Crippen molar-refractivity contribution in [3.8, 4) is 5.75 Å². The van der Waals surface area contributed by atoms with Gasteiger partial charge in [0.15, 0.2) is 0 Å². The Bertz CT molecular complexity index is 1460. The summed E-state index contributed by atoms with van der Waals surface area (Å²) in [5.74, 6) is -1.31. The number of esters is 2. The van der Waals surface area contributed by atoms with E-state index in [1.165, 1.54) is 12.1 Å². The summed E-state index contributed by atoms with van der Waals surface area (Å²) < 4.78 is 38.7. The molecular formula is C28H34N4O7S. The Labute approximate surface area is 233 Å². The van der Waals surface area contributed by atoms with Crippen LogP contribution in [0.2, 0.25) is 0 Å². The predicted molar refractivity (Wildman–Crippen MR) is 148 cm³/mol. The van der Waals surface area contributed by atoms with Crippen molar-refractivity contribution in [2.45, 2.75) is 56.0 Å². The van der Waals surface area contributed by atoms with Crippen LogP contribution < -0.4 is 20.1 Å². The number of aryl methyl sites for hydroxylation is 1. The molecule has 1 amide bonds. The number of hydrogen-bond acceptors (Lipinski definition) is 8. The van der Waals surface area contributed by atoms with Crippen molar-refractivity contribution in [1.29, 1.82) is 0 Å². The molecule has 0 saturated carbocycles. The number of carbonyl (C=O) groups excluding carboxylic acids is 3. The molecule has 12 heteroatoms. The summed E-state index contributed by atoms with van der Waals surface area (Å²) in [7, 11) is -2.50. The summed E-state index contributed by atoms with van der Waals surface area (Å²) in [5.41, 5.74) is 2.16. The molecule has 2 heterocycles. The van der Waals surface area contributed by atoms with Gasteiger partial charge in [-0.05, 0) is 75.9 Å². The maximum absolute atomic E-state index is 13.0. The van der Waals surface area contributed by atoms with Crippen LogP contribution >= 0.6 is 0 Å². The van der Waals surface area contributed by atoms with Gasteiger partial charge in [0.25, 0.3) is 5.91 Å². The normalized spacial score (nSPS) is 16.0. The van der Waals surface area contributed by atoms with Crippen LogP contribution in [0.15, 0.2) is 53.6 Å². The van der Waals surface area contributed by atoms with Crippen LogP contribution in [0.3, 0.4) is 0 Å². The number of unbranched alkanes of at least 4 members (excludes halogenated alkanes) is 1. The zero-order chi connectivity index (χ0) is 28.7. The van der Waals surface area contributed by atoms with Crippen molar-refractivity contribution in [2.24, 2.45) is 0 Å². The van der Waals surface area contributed by atoms with Crippen LogP contribution in [0.5, 0.6) is 5.75 Å². The van der Waals surface area contributed by atoms with Gasteiger partial charge in [-0.2, -0.15) is 4.72 Å². The Kier molecular flexibility index (Phi) is 9.56. The van der Waals surface area contributed by atoms with E-state index in [2.05, 4.69) is 20.3 Å². The summed E-state index contributed by atoms with van der Waals surface area (Å²) >= 11 is 0. The molecule has 2 atom stereocenters. The molecule has 4 N–H and O–H groups in total. The first kappa shape index (κ1) is 29.2. The molecule has 1 aromatic heterocycles. The van der Waals surface area contributed by atoms with Gasteiger partial charge < -0.3 is 25.1 Å². The number of nitrogens with one attached hydrogen (secondary N) is 4. The highest BCUT2D eigenvalue weighted by atomic mass is 32.2. The van der Waals surface area contributed by atoms with Gasteiger partial charge in [0.2, 0.25) is 10.0 Å². The smallest absolute Gasteiger partial charge is 0.331 e. The van der Waals surface area contributed by atoms with Gasteiger partial charge in [-0.25, -0.2) is 18.0 Å². The maximum Gasteiger partial charge on any atom is 0.331 e. The zero-order valence-corrected chi connectivity index (χ0v) is 23.3. The molecule has 0 unspecified atom stereocenters. The third-order valence-corrected chi connectivity index (χ3v) is 8.29. The predicted octanol–water partition coefficient (Wildman–Crippen LogP) is 2.55. The molecule has 2 aromatic carbocycles. The van der Waals surface area contributed by atoms with Crippen molar-refractivity contribution in [3.63, 3.8) is 0 Å². The lowest BCUT2D eigenvalue weighted by molar-refractivity contribution is -0.162. The third-order valence-electron chi connectivity index (χ3n) is 6.80. The summed E-state index contributed by atoms with van der Waals surface area (Å²) in [6.45, 7) is 2.78. The summed E-state index contributed by atoms with van der Waals surface area (Å²) in [6.07, 6.45) is 3.89. The summed E-state index contributed by atoms with van der Waals surface area (Å²) in [6, 6.07) is 9.76. The SMILES string of the molecule is COc1ccc2[nH]cc(C(=O)NCCCC[C@H](NS(=O)(=O)c3ccc(C)cc3)C(=O)OC(=O)[C@@H]3CCCN3)c2c1. The zero-order valence-electron chi connectivity index (χ0n) is 22.5. The molecule has 11 nitrogen and oxygen atoms in total. The molecule has 214 valence electrons. The monoisotopic (exact) mass is 570 g/mol. The van der Waals surface area contributed by atoms with Crippen molar-refractivity contribution in [2.75, 3.05) is 20.2 Å². The van der Waals surface area contributed by atoms with Gasteiger partial charge in [0.05, 0.1) is 17.6 Å². The van der Waals surface area contributed by atoms with Gasteiger partial charge >= 0.3 is 11.9 Å². The number of ether oxygens (including phenoxy) is 2. The van der Waals surface area contributed by atoms with E-state index in [-0.39, 0.29) is 17.2 Å². The highest BCUT2D eigenvalue weighted by molar-refractivity contribution is 7.89. The van der Waals surface area contributed by atoms with E-state index in [0.717, 1.165) is 22.9 Å². The Morgan fingerprint density at radius 1 is 1.10 bits per heavy atom. The van der Waals surface area contributed by atoms with E-state index in [1.807, 2.05) is 13.0 Å². The van der Waals surface area contributed by atoms with Crippen molar-refractivity contribution in [1.82, 2.24) is 20.3 Å². The van der Waals surface area contributed by atoms with Crippen molar-refractivity contribution < 1.29 is 32.3 Å². The molecule has 3 aromatic rings. The summed E-state index contributed by atoms with van der Waals surface area (Å²) in [5, 5.41) is 6.54. The van der Waals surface area contributed by atoms with Gasteiger partial charge in [0, 0.05) is 23.6 Å².